The van der Waals surface area contributed by atoms with Crippen LogP contribution in [0.5, 0.6) is 5.75 Å². The molecule has 1 atom stereocenters. The van der Waals surface area contributed by atoms with Gasteiger partial charge in [-0.2, -0.15) is 4.21 Å². The van der Waals surface area contributed by atoms with E-state index in [1.54, 1.807) is 12.1 Å². The molecule has 0 aliphatic carbocycles. The molecule has 1 unspecified atom stereocenters. The highest BCUT2D eigenvalue weighted by molar-refractivity contribution is 7.74. The first-order chi connectivity index (χ1) is 6.09. The molecule has 5 nitrogen and oxygen atoms in total. The van der Waals surface area contributed by atoms with Gasteiger partial charge in [-0.1, -0.05) is 0 Å². The predicted octanol–water partition coefficient (Wildman–Crippen LogP) is 0.897. The van der Waals surface area contributed by atoms with Gasteiger partial charge in [-0.05, 0) is 24.3 Å². The highest BCUT2D eigenvalue weighted by atomic mass is 32.2. The highest BCUT2D eigenvalue weighted by Gasteiger charge is 2.03. The first-order valence-corrected chi connectivity index (χ1v) is 4.45. The maximum atomic E-state index is 10.2. The summed E-state index contributed by atoms with van der Waals surface area (Å²) >= 11 is -2.34. The third-order valence-electron chi connectivity index (χ3n) is 1.39. The SMILES string of the molecule is CN(OS(=O)O)c1ccc(O)cc1. The Balaban J connectivity index is 2.71. The molecule has 6 heteroatoms. The molecule has 0 aliphatic rings. The average molecular weight is 203 g/mol. The zero-order valence-corrected chi connectivity index (χ0v) is 7.69. The van der Waals surface area contributed by atoms with E-state index in [-0.39, 0.29) is 5.75 Å². The van der Waals surface area contributed by atoms with Crippen molar-refractivity contribution in [2.45, 2.75) is 0 Å². The monoisotopic (exact) mass is 203 g/mol. The van der Waals surface area contributed by atoms with Gasteiger partial charge in [-0.15, -0.1) is 4.28 Å². The minimum atomic E-state index is -2.34. The first kappa shape index (κ1) is 9.97. The number of anilines is 1. The van der Waals surface area contributed by atoms with E-state index >= 15 is 0 Å². The van der Waals surface area contributed by atoms with Crippen molar-refractivity contribution in [3.63, 3.8) is 0 Å². The second-order valence-electron chi connectivity index (χ2n) is 2.31. The number of hydrogen-bond donors (Lipinski definition) is 2. The predicted molar refractivity (Wildman–Crippen MR) is 48.4 cm³/mol. The van der Waals surface area contributed by atoms with Crippen LogP contribution in [-0.4, -0.2) is 20.9 Å². The van der Waals surface area contributed by atoms with Crippen LogP contribution in [0.15, 0.2) is 24.3 Å². The summed E-state index contributed by atoms with van der Waals surface area (Å²) in [4.78, 5) is 0. The van der Waals surface area contributed by atoms with Crippen LogP contribution in [0.2, 0.25) is 0 Å². The van der Waals surface area contributed by atoms with Crippen LogP contribution >= 0.6 is 0 Å². The van der Waals surface area contributed by atoms with Gasteiger partial charge in [0.25, 0.3) is 0 Å². The molecular formula is C7H9NO4S. The Kier molecular flexibility index (Phi) is 3.24. The largest absolute Gasteiger partial charge is 0.508 e. The maximum absolute atomic E-state index is 10.2. The second kappa shape index (κ2) is 4.22. The summed E-state index contributed by atoms with van der Waals surface area (Å²) in [6.07, 6.45) is 0. The van der Waals surface area contributed by atoms with Gasteiger partial charge in [0, 0.05) is 7.05 Å². The molecule has 0 fully saturated rings. The topological polar surface area (TPSA) is 70.0 Å². The molecule has 72 valence electrons. The summed E-state index contributed by atoms with van der Waals surface area (Å²) in [6, 6.07) is 6.02. The third-order valence-corrected chi connectivity index (χ3v) is 1.74. The molecule has 0 aliphatic heterocycles. The molecule has 0 radical (unpaired) electrons. The van der Waals surface area contributed by atoms with E-state index in [1.807, 2.05) is 0 Å². The molecule has 13 heavy (non-hydrogen) atoms. The smallest absolute Gasteiger partial charge is 0.325 e. The summed E-state index contributed by atoms with van der Waals surface area (Å²) in [5.41, 5.74) is 0.570. The van der Waals surface area contributed by atoms with E-state index in [0.717, 1.165) is 5.06 Å². The molecule has 1 aromatic rings. The third kappa shape index (κ3) is 3.02. The lowest BCUT2D eigenvalue weighted by molar-refractivity contribution is 0.295. The van der Waals surface area contributed by atoms with Crippen LogP contribution in [-0.2, 0) is 15.6 Å². The van der Waals surface area contributed by atoms with Crippen LogP contribution in [0.3, 0.4) is 0 Å². The van der Waals surface area contributed by atoms with Crippen molar-refractivity contribution >= 4 is 17.0 Å². The van der Waals surface area contributed by atoms with Crippen molar-refractivity contribution in [1.82, 2.24) is 0 Å². The highest BCUT2D eigenvalue weighted by Crippen LogP contribution is 2.17. The van der Waals surface area contributed by atoms with E-state index in [9.17, 15) is 4.21 Å². The van der Waals surface area contributed by atoms with Gasteiger partial charge in [0.1, 0.15) is 5.75 Å². The number of aromatic hydroxyl groups is 1. The van der Waals surface area contributed by atoms with E-state index in [2.05, 4.69) is 4.28 Å². The standard InChI is InChI=1S/C7H9NO4S/c1-8(12-13(10)11)6-2-4-7(9)5-3-6/h2-5,9H,1H3,(H,10,11). The lowest BCUT2D eigenvalue weighted by Gasteiger charge is -2.14. The Morgan fingerprint density at radius 2 is 1.92 bits per heavy atom. The van der Waals surface area contributed by atoms with Crippen LogP contribution in [0.4, 0.5) is 5.69 Å². The molecule has 0 heterocycles. The van der Waals surface area contributed by atoms with Gasteiger partial charge >= 0.3 is 11.4 Å². The fourth-order valence-electron chi connectivity index (χ4n) is 0.801. The number of phenolic OH excluding ortho intramolecular Hbond substituents is 1. The molecule has 1 rings (SSSR count). The van der Waals surface area contributed by atoms with Crippen LogP contribution in [0.1, 0.15) is 0 Å². The summed E-state index contributed by atoms with van der Waals surface area (Å²) < 4.78 is 23.1. The number of benzene rings is 1. The fraction of sp³-hybridized carbons (Fsp3) is 0.143. The Morgan fingerprint density at radius 1 is 1.38 bits per heavy atom. The normalized spacial score (nSPS) is 12.5. The van der Waals surface area contributed by atoms with Crippen molar-refractivity contribution < 1.29 is 18.2 Å². The van der Waals surface area contributed by atoms with Crippen molar-refractivity contribution in [3.8, 4) is 5.75 Å². The van der Waals surface area contributed by atoms with Crippen LogP contribution in [0.25, 0.3) is 0 Å². The number of hydrogen-bond acceptors (Lipinski definition) is 4. The summed E-state index contributed by atoms with van der Waals surface area (Å²) in [7, 11) is 1.49. The Hall–Kier alpha value is -1.11. The van der Waals surface area contributed by atoms with Crippen molar-refractivity contribution in [3.05, 3.63) is 24.3 Å². The van der Waals surface area contributed by atoms with Crippen LogP contribution in [0, 0.1) is 0 Å². The second-order valence-corrected chi connectivity index (χ2v) is 2.89. The van der Waals surface area contributed by atoms with Gasteiger partial charge in [0.15, 0.2) is 0 Å². The number of phenols is 1. The average Bonchev–Trinajstić information content (AvgIpc) is 2.04. The van der Waals surface area contributed by atoms with Crippen LogP contribution < -0.4 is 5.06 Å². The van der Waals surface area contributed by atoms with E-state index < -0.39 is 11.4 Å². The first-order valence-electron chi connectivity index (χ1n) is 3.41. The van der Waals surface area contributed by atoms with Gasteiger partial charge in [-0.25, -0.2) is 5.06 Å². The number of nitrogens with zero attached hydrogens (tertiary/aromatic N) is 1. The van der Waals surface area contributed by atoms with Crippen molar-refractivity contribution in [2.75, 3.05) is 12.1 Å². The van der Waals surface area contributed by atoms with Gasteiger partial charge < -0.3 is 5.11 Å². The minimum absolute atomic E-state index is 0.127. The zero-order chi connectivity index (χ0) is 9.84. The summed E-state index contributed by atoms with van der Waals surface area (Å²) in [6.45, 7) is 0. The zero-order valence-electron chi connectivity index (χ0n) is 6.88. The summed E-state index contributed by atoms with van der Waals surface area (Å²) in [5, 5.41) is 10.1. The van der Waals surface area contributed by atoms with Gasteiger partial charge in [-0.3, -0.25) is 4.55 Å². The lowest BCUT2D eigenvalue weighted by atomic mass is 10.3. The molecule has 0 bridgehead atoms. The molecule has 0 aromatic heterocycles. The van der Waals surface area contributed by atoms with Crippen molar-refractivity contribution in [1.29, 1.82) is 0 Å². The minimum Gasteiger partial charge on any atom is -0.508 e. The fourth-order valence-corrected chi connectivity index (χ4v) is 1.08. The lowest BCUT2D eigenvalue weighted by Crippen LogP contribution is -2.18. The van der Waals surface area contributed by atoms with Crippen molar-refractivity contribution in [2.24, 2.45) is 0 Å². The quantitative estimate of drug-likeness (QED) is 0.564. The summed E-state index contributed by atoms with van der Waals surface area (Å²) in [5.74, 6) is 0.127. The molecule has 0 amide bonds. The number of hydroxylamine groups is 1. The van der Waals surface area contributed by atoms with E-state index in [1.165, 1.54) is 19.2 Å². The molecule has 2 N–H and O–H groups in total. The molecule has 0 saturated carbocycles. The van der Waals surface area contributed by atoms with Gasteiger partial charge in [0.2, 0.25) is 0 Å². The molecule has 0 spiro atoms. The molecule has 1 aromatic carbocycles. The molecular weight excluding hydrogens is 194 g/mol. The Morgan fingerprint density at radius 3 is 2.38 bits per heavy atom. The Labute approximate surface area is 78.0 Å². The Bertz CT molecular complexity index is 300. The molecule has 0 saturated heterocycles. The van der Waals surface area contributed by atoms with Gasteiger partial charge in [0.05, 0.1) is 5.69 Å². The van der Waals surface area contributed by atoms with E-state index in [0.29, 0.717) is 5.69 Å². The number of rotatable bonds is 3. The maximum Gasteiger partial charge on any atom is 0.325 e. The van der Waals surface area contributed by atoms with E-state index in [4.69, 9.17) is 9.66 Å².